The van der Waals surface area contributed by atoms with Gasteiger partial charge in [0.05, 0.1) is 0 Å². The SMILES string of the molecule is CNCC1(CN(C)CCCN(C)C)CCC(C)CC1. The van der Waals surface area contributed by atoms with Crippen LogP contribution in [0.25, 0.3) is 0 Å². The van der Waals surface area contributed by atoms with Gasteiger partial charge in [-0.15, -0.1) is 0 Å². The van der Waals surface area contributed by atoms with Gasteiger partial charge in [0.15, 0.2) is 0 Å². The van der Waals surface area contributed by atoms with Crippen LogP contribution in [0.1, 0.15) is 39.0 Å². The summed E-state index contributed by atoms with van der Waals surface area (Å²) in [6, 6.07) is 0. The van der Waals surface area contributed by atoms with Crippen LogP contribution in [-0.4, -0.2) is 64.2 Å². The van der Waals surface area contributed by atoms with Crippen LogP contribution < -0.4 is 5.32 Å². The average Bonchev–Trinajstić information content (AvgIpc) is 2.33. The summed E-state index contributed by atoms with van der Waals surface area (Å²) in [7, 11) is 8.72. The highest BCUT2D eigenvalue weighted by atomic mass is 15.1. The first-order valence-electron chi connectivity index (χ1n) is 7.95. The highest BCUT2D eigenvalue weighted by molar-refractivity contribution is 4.88. The zero-order valence-electron chi connectivity index (χ0n) is 13.8. The van der Waals surface area contributed by atoms with Crippen molar-refractivity contribution in [2.75, 3.05) is 54.4 Å². The lowest BCUT2D eigenvalue weighted by Crippen LogP contribution is -2.44. The minimum atomic E-state index is 0.522. The maximum Gasteiger partial charge on any atom is 0.00471 e. The van der Waals surface area contributed by atoms with Gasteiger partial charge in [0.25, 0.3) is 0 Å². The van der Waals surface area contributed by atoms with Gasteiger partial charge < -0.3 is 15.1 Å². The van der Waals surface area contributed by atoms with Crippen molar-refractivity contribution in [3.8, 4) is 0 Å². The van der Waals surface area contributed by atoms with Gasteiger partial charge in [-0.05, 0) is 71.9 Å². The van der Waals surface area contributed by atoms with E-state index in [9.17, 15) is 0 Å². The maximum absolute atomic E-state index is 3.44. The minimum Gasteiger partial charge on any atom is -0.319 e. The van der Waals surface area contributed by atoms with Crippen LogP contribution in [0, 0.1) is 11.3 Å². The van der Waals surface area contributed by atoms with Crippen LogP contribution in [0.5, 0.6) is 0 Å². The van der Waals surface area contributed by atoms with Crippen molar-refractivity contribution in [3.63, 3.8) is 0 Å². The summed E-state index contributed by atoms with van der Waals surface area (Å²) in [4.78, 5) is 4.83. The molecule has 1 saturated carbocycles. The number of hydrogen-bond donors (Lipinski definition) is 1. The molecule has 0 aromatic heterocycles. The van der Waals surface area contributed by atoms with E-state index in [1.165, 1.54) is 58.3 Å². The van der Waals surface area contributed by atoms with E-state index in [1.807, 2.05) is 0 Å². The van der Waals surface area contributed by atoms with Crippen molar-refractivity contribution < 1.29 is 0 Å². The van der Waals surface area contributed by atoms with Crippen LogP contribution in [0.2, 0.25) is 0 Å². The molecule has 0 unspecified atom stereocenters. The summed E-state index contributed by atoms with van der Waals surface area (Å²) in [5.74, 6) is 0.934. The Balaban J connectivity index is 2.39. The first kappa shape index (κ1) is 16.9. The lowest BCUT2D eigenvalue weighted by atomic mass is 9.70. The van der Waals surface area contributed by atoms with Gasteiger partial charge in [-0.25, -0.2) is 0 Å². The van der Waals surface area contributed by atoms with E-state index >= 15 is 0 Å². The molecule has 0 saturated heterocycles. The molecule has 0 radical (unpaired) electrons. The summed E-state index contributed by atoms with van der Waals surface area (Å²) in [6.07, 6.45) is 6.88. The predicted molar refractivity (Wildman–Crippen MR) is 84.7 cm³/mol. The molecular formula is C16H35N3. The van der Waals surface area contributed by atoms with Gasteiger partial charge in [0.2, 0.25) is 0 Å². The Kier molecular flexibility index (Phi) is 7.33. The van der Waals surface area contributed by atoms with E-state index in [4.69, 9.17) is 0 Å². The molecule has 0 atom stereocenters. The van der Waals surface area contributed by atoms with E-state index in [0.717, 1.165) is 5.92 Å². The molecule has 114 valence electrons. The number of rotatable bonds is 8. The molecular weight excluding hydrogens is 234 g/mol. The summed E-state index contributed by atoms with van der Waals surface area (Å²) < 4.78 is 0. The smallest absolute Gasteiger partial charge is 0.00471 e. The summed E-state index contributed by atoms with van der Waals surface area (Å²) >= 11 is 0. The molecule has 0 spiro atoms. The monoisotopic (exact) mass is 269 g/mol. The zero-order valence-corrected chi connectivity index (χ0v) is 13.8. The molecule has 0 aromatic carbocycles. The molecule has 1 aliphatic rings. The Hall–Kier alpha value is -0.120. The lowest BCUT2D eigenvalue weighted by molar-refractivity contribution is 0.0994. The molecule has 3 heteroatoms. The summed E-state index contributed by atoms with van der Waals surface area (Å²) in [5, 5.41) is 3.44. The average molecular weight is 269 g/mol. The highest BCUT2D eigenvalue weighted by Gasteiger charge is 2.34. The van der Waals surface area contributed by atoms with E-state index in [2.05, 4.69) is 50.2 Å². The molecule has 1 aliphatic carbocycles. The third-order valence-electron chi connectivity index (χ3n) is 4.64. The molecule has 0 aromatic rings. The van der Waals surface area contributed by atoms with Crippen molar-refractivity contribution in [1.82, 2.24) is 15.1 Å². The second kappa shape index (κ2) is 8.23. The molecule has 1 N–H and O–H groups in total. The fraction of sp³-hybridized carbons (Fsp3) is 1.00. The fourth-order valence-electron chi connectivity index (χ4n) is 3.45. The molecule has 0 bridgehead atoms. The van der Waals surface area contributed by atoms with E-state index in [0.29, 0.717) is 5.41 Å². The molecule has 0 aliphatic heterocycles. The predicted octanol–water partition coefficient (Wildman–Crippen LogP) is 2.29. The lowest BCUT2D eigenvalue weighted by Gasteiger charge is -2.42. The number of nitrogens with one attached hydrogen (secondary N) is 1. The van der Waals surface area contributed by atoms with Gasteiger partial charge in [0.1, 0.15) is 0 Å². The van der Waals surface area contributed by atoms with Crippen molar-refractivity contribution in [1.29, 1.82) is 0 Å². The first-order valence-corrected chi connectivity index (χ1v) is 7.95. The number of nitrogens with zero attached hydrogens (tertiary/aromatic N) is 2. The second-order valence-electron chi connectivity index (χ2n) is 7.11. The Morgan fingerprint density at radius 2 is 1.74 bits per heavy atom. The topological polar surface area (TPSA) is 18.5 Å². The standard InChI is InChI=1S/C16H35N3/c1-15-7-9-16(10-8-15,13-17-2)14-19(5)12-6-11-18(3)4/h15,17H,6-14H2,1-5H3. The Labute approximate surface area is 120 Å². The van der Waals surface area contributed by atoms with Crippen molar-refractivity contribution in [2.24, 2.45) is 11.3 Å². The van der Waals surface area contributed by atoms with Crippen LogP contribution in [0.3, 0.4) is 0 Å². The molecule has 1 rings (SSSR count). The molecule has 0 heterocycles. The third-order valence-corrected chi connectivity index (χ3v) is 4.64. The van der Waals surface area contributed by atoms with Crippen molar-refractivity contribution >= 4 is 0 Å². The van der Waals surface area contributed by atoms with Gasteiger partial charge >= 0.3 is 0 Å². The van der Waals surface area contributed by atoms with Crippen LogP contribution in [-0.2, 0) is 0 Å². The minimum absolute atomic E-state index is 0.522. The highest BCUT2D eigenvalue weighted by Crippen LogP contribution is 2.38. The van der Waals surface area contributed by atoms with Gasteiger partial charge in [0, 0.05) is 13.1 Å². The Morgan fingerprint density at radius 1 is 1.11 bits per heavy atom. The van der Waals surface area contributed by atoms with Crippen LogP contribution in [0.4, 0.5) is 0 Å². The normalized spacial score (nSPS) is 28.3. The van der Waals surface area contributed by atoms with E-state index in [1.54, 1.807) is 0 Å². The quantitative estimate of drug-likeness (QED) is 0.729. The third kappa shape index (κ3) is 6.24. The Morgan fingerprint density at radius 3 is 2.26 bits per heavy atom. The molecule has 1 fully saturated rings. The van der Waals surface area contributed by atoms with Crippen LogP contribution >= 0.6 is 0 Å². The summed E-state index contributed by atoms with van der Waals surface area (Å²) in [5.41, 5.74) is 0.522. The van der Waals surface area contributed by atoms with E-state index in [-0.39, 0.29) is 0 Å². The van der Waals surface area contributed by atoms with Gasteiger partial charge in [-0.1, -0.05) is 19.8 Å². The Bertz CT molecular complexity index is 232. The first-order chi connectivity index (χ1) is 8.97. The molecule has 3 nitrogen and oxygen atoms in total. The maximum atomic E-state index is 3.44. The van der Waals surface area contributed by atoms with Gasteiger partial charge in [-0.2, -0.15) is 0 Å². The van der Waals surface area contributed by atoms with E-state index < -0.39 is 0 Å². The largest absolute Gasteiger partial charge is 0.319 e. The number of hydrogen-bond acceptors (Lipinski definition) is 3. The van der Waals surface area contributed by atoms with Crippen molar-refractivity contribution in [2.45, 2.75) is 39.0 Å². The summed E-state index contributed by atoms with van der Waals surface area (Å²) in [6.45, 7) is 7.26. The van der Waals surface area contributed by atoms with Crippen LogP contribution in [0.15, 0.2) is 0 Å². The molecule has 19 heavy (non-hydrogen) atoms. The fourth-order valence-corrected chi connectivity index (χ4v) is 3.45. The molecule has 0 amide bonds. The zero-order chi connectivity index (χ0) is 14.3. The second-order valence-corrected chi connectivity index (χ2v) is 7.11. The van der Waals surface area contributed by atoms with Gasteiger partial charge in [-0.3, -0.25) is 0 Å². The van der Waals surface area contributed by atoms with Crippen molar-refractivity contribution in [3.05, 3.63) is 0 Å².